The van der Waals surface area contributed by atoms with Gasteiger partial charge in [0.1, 0.15) is 5.82 Å². The molecule has 0 atom stereocenters. The van der Waals surface area contributed by atoms with Gasteiger partial charge < -0.3 is 10.6 Å². The summed E-state index contributed by atoms with van der Waals surface area (Å²) in [6, 6.07) is 14.4. The predicted octanol–water partition coefficient (Wildman–Crippen LogP) is 4.81. The SMILES string of the molecule is CCCNc1nc(Nc2ccc(C)c(C)c2)nc2ccccc12. The molecule has 0 aliphatic heterocycles. The summed E-state index contributed by atoms with van der Waals surface area (Å²) < 4.78 is 0. The van der Waals surface area contributed by atoms with Crippen molar-refractivity contribution in [3.05, 3.63) is 53.6 Å². The molecule has 0 bridgehead atoms. The van der Waals surface area contributed by atoms with E-state index < -0.39 is 0 Å². The lowest BCUT2D eigenvalue weighted by Crippen LogP contribution is -2.06. The van der Waals surface area contributed by atoms with Crippen LogP contribution in [0.3, 0.4) is 0 Å². The molecule has 23 heavy (non-hydrogen) atoms. The van der Waals surface area contributed by atoms with Gasteiger partial charge in [0, 0.05) is 17.6 Å². The first-order valence-electron chi connectivity index (χ1n) is 8.02. The lowest BCUT2D eigenvalue weighted by molar-refractivity contribution is 0.970. The number of nitrogens with zero attached hydrogens (tertiary/aromatic N) is 2. The van der Waals surface area contributed by atoms with Crippen LogP contribution in [0.1, 0.15) is 24.5 Å². The lowest BCUT2D eigenvalue weighted by Gasteiger charge is -2.12. The van der Waals surface area contributed by atoms with Gasteiger partial charge in [-0.05, 0) is 55.7 Å². The Morgan fingerprint density at radius 1 is 0.957 bits per heavy atom. The summed E-state index contributed by atoms with van der Waals surface area (Å²) in [7, 11) is 0. The lowest BCUT2D eigenvalue weighted by atomic mass is 10.1. The monoisotopic (exact) mass is 306 g/mol. The van der Waals surface area contributed by atoms with E-state index in [1.165, 1.54) is 11.1 Å². The molecule has 0 aliphatic rings. The van der Waals surface area contributed by atoms with E-state index in [2.05, 4.69) is 59.6 Å². The molecule has 2 N–H and O–H groups in total. The molecule has 4 nitrogen and oxygen atoms in total. The van der Waals surface area contributed by atoms with Crippen molar-refractivity contribution >= 4 is 28.4 Å². The highest BCUT2D eigenvalue weighted by Gasteiger charge is 2.07. The van der Waals surface area contributed by atoms with Gasteiger partial charge in [-0.1, -0.05) is 25.1 Å². The number of aryl methyl sites for hydroxylation is 2. The largest absolute Gasteiger partial charge is 0.369 e. The minimum Gasteiger partial charge on any atom is -0.369 e. The van der Waals surface area contributed by atoms with Crippen LogP contribution >= 0.6 is 0 Å². The molecule has 1 heterocycles. The molecular formula is C19H22N4. The molecule has 0 aliphatic carbocycles. The Morgan fingerprint density at radius 2 is 1.78 bits per heavy atom. The fourth-order valence-electron chi connectivity index (χ4n) is 2.46. The minimum atomic E-state index is 0.616. The average molecular weight is 306 g/mol. The van der Waals surface area contributed by atoms with Crippen molar-refractivity contribution in [3.8, 4) is 0 Å². The molecular weight excluding hydrogens is 284 g/mol. The summed E-state index contributed by atoms with van der Waals surface area (Å²) in [4.78, 5) is 9.28. The van der Waals surface area contributed by atoms with Gasteiger partial charge in [0.15, 0.2) is 0 Å². The van der Waals surface area contributed by atoms with Crippen molar-refractivity contribution in [2.75, 3.05) is 17.2 Å². The Morgan fingerprint density at radius 3 is 2.57 bits per heavy atom. The summed E-state index contributed by atoms with van der Waals surface area (Å²) >= 11 is 0. The van der Waals surface area contributed by atoms with E-state index in [1.54, 1.807) is 0 Å². The summed E-state index contributed by atoms with van der Waals surface area (Å²) in [5, 5.41) is 7.76. The van der Waals surface area contributed by atoms with E-state index in [9.17, 15) is 0 Å². The van der Waals surface area contributed by atoms with Crippen molar-refractivity contribution in [2.45, 2.75) is 27.2 Å². The number of anilines is 3. The molecule has 0 fully saturated rings. The molecule has 2 aromatic carbocycles. The number of rotatable bonds is 5. The zero-order valence-electron chi connectivity index (χ0n) is 13.9. The summed E-state index contributed by atoms with van der Waals surface area (Å²) in [6.07, 6.45) is 1.05. The molecule has 0 saturated heterocycles. The molecule has 3 aromatic rings. The number of aromatic nitrogens is 2. The highest BCUT2D eigenvalue weighted by atomic mass is 15.1. The van der Waals surface area contributed by atoms with Gasteiger partial charge >= 0.3 is 0 Å². The second kappa shape index (κ2) is 6.65. The number of hydrogen-bond acceptors (Lipinski definition) is 4. The molecule has 0 radical (unpaired) electrons. The van der Waals surface area contributed by atoms with Crippen LogP contribution in [0, 0.1) is 13.8 Å². The normalized spacial score (nSPS) is 10.7. The smallest absolute Gasteiger partial charge is 0.229 e. The minimum absolute atomic E-state index is 0.616. The molecule has 4 heteroatoms. The topological polar surface area (TPSA) is 49.8 Å². The second-order valence-corrected chi connectivity index (χ2v) is 5.76. The quantitative estimate of drug-likeness (QED) is 0.710. The van der Waals surface area contributed by atoms with Gasteiger partial charge in [0.05, 0.1) is 5.52 Å². The van der Waals surface area contributed by atoms with Crippen LogP contribution in [-0.4, -0.2) is 16.5 Å². The summed E-state index contributed by atoms with van der Waals surface area (Å²) in [5.74, 6) is 1.49. The van der Waals surface area contributed by atoms with Crippen molar-refractivity contribution in [1.29, 1.82) is 0 Å². The van der Waals surface area contributed by atoms with Gasteiger partial charge in [-0.15, -0.1) is 0 Å². The van der Waals surface area contributed by atoms with Crippen LogP contribution in [0.15, 0.2) is 42.5 Å². The van der Waals surface area contributed by atoms with Crippen LogP contribution < -0.4 is 10.6 Å². The maximum atomic E-state index is 4.65. The maximum absolute atomic E-state index is 4.65. The van der Waals surface area contributed by atoms with E-state index in [0.29, 0.717) is 5.95 Å². The number of para-hydroxylation sites is 1. The number of fused-ring (bicyclic) bond motifs is 1. The Hall–Kier alpha value is -2.62. The first kappa shape index (κ1) is 15.3. The third-order valence-electron chi connectivity index (χ3n) is 3.91. The van der Waals surface area contributed by atoms with Crippen LogP contribution in [0.5, 0.6) is 0 Å². The third kappa shape index (κ3) is 3.42. The molecule has 0 saturated carbocycles. The van der Waals surface area contributed by atoms with Gasteiger partial charge in [-0.3, -0.25) is 0 Å². The van der Waals surface area contributed by atoms with Crippen molar-refractivity contribution in [1.82, 2.24) is 9.97 Å². The van der Waals surface area contributed by atoms with Crippen LogP contribution in [0.25, 0.3) is 10.9 Å². The zero-order valence-corrected chi connectivity index (χ0v) is 13.9. The first-order chi connectivity index (χ1) is 11.2. The Labute approximate surface area is 137 Å². The predicted molar refractivity (Wildman–Crippen MR) is 97.5 cm³/mol. The van der Waals surface area contributed by atoms with Crippen molar-refractivity contribution in [3.63, 3.8) is 0 Å². The van der Waals surface area contributed by atoms with E-state index in [0.717, 1.165) is 35.4 Å². The molecule has 0 amide bonds. The Kier molecular flexibility index (Phi) is 4.42. The standard InChI is InChI=1S/C19H22N4/c1-4-11-20-18-16-7-5-6-8-17(16)22-19(23-18)21-15-10-9-13(2)14(3)12-15/h5-10,12H,4,11H2,1-3H3,(H2,20,21,22,23). The number of hydrogen-bond donors (Lipinski definition) is 2. The number of nitrogens with one attached hydrogen (secondary N) is 2. The van der Waals surface area contributed by atoms with E-state index >= 15 is 0 Å². The summed E-state index contributed by atoms with van der Waals surface area (Å²) in [5.41, 5.74) is 4.47. The highest BCUT2D eigenvalue weighted by Crippen LogP contribution is 2.24. The number of benzene rings is 2. The van der Waals surface area contributed by atoms with Crippen LogP contribution in [0.2, 0.25) is 0 Å². The van der Waals surface area contributed by atoms with Crippen LogP contribution in [-0.2, 0) is 0 Å². The second-order valence-electron chi connectivity index (χ2n) is 5.76. The van der Waals surface area contributed by atoms with Gasteiger partial charge in [-0.2, -0.15) is 4.98 Å². The maximum Gasteiger partial charge on any atom is 0.229 e. The van der Waals surface area contributed by atoms with Gasteiger partial charge in [-0.25, -0.2) is 4.98 Å². The Bertz CT molecular complexity index is 827. The Balaban J connectivity index is 1.98. The molecule has 0 spiro atoms. The molecule has 118 valence electrons. The highest BCUT2D eigenvalue weighted by molar-refractivity contribution is 5.90. The van der Waals surface area contributed by atoms with Crippen LogP contribution in [0.4, 0.5) is 17.5 Å². The average Bonchev–Trinajstić information content (AvgIpc) is 2.56. The van der Waals surface area contributed by atoms with E-state index in [4.69, 9.17) is 0 Å². The van der Waals surface area contributed by atoms with Gasteiger partial charge in [0.25, 0.3) is 0 Å². The molecule has 1 aromatic heterocycles. The van der Waals surface area contributed by atoms with Crippen molar-refractivity contribution < 1.29 is 0 Å². The zero-order chi connectivity index (χ0) is 16.2. The fourth-order valence-corrected chi connectivity index (χ4v) is 2.46. The molecule has 3 rings (SSSR count). The molecule has 0 unspecified atom stereocenters. The van der Waals surface area contributed by atoms with Crippen molar-refractivity contribution in [2.24, 2.45) is 0 Å². The fraction of sp³-hybridized carbons (Fsp3) is 0.263. The van der Waals surface area contributed by atoms with E-state index in [1.807, 2.05) is 24.3 Å². The third-order valence-corrected chi connectivity index (χ3v) is 3.91. The van der Waals surface area contributed by atoms with E-state index in [-0.39, 0.29) is 0 Å². The summed E-state index contributed by atoms with van der Waals surface area (Å²) in [6.45, 7) is 7.25. The van der Waals surface area contributed by atoms with Gasteiger partial charge in [0.2, 0.25) is 5.95 Å². The first-order valence-corrected chi connectivity index (χ1v) is 8.02.